The van der Waals surface area contributed by atoms with Crippen LogP contribution in [0.4, 0.5) is 4.79 Å². The molecule has 0 aromatic heterocycles. The maximum absolute atomic E-state index is 11.5. The van der Waals surface area contributed by atoms with Gasteiger partial charge in [0.2, 0.25) is 0 Å². The number of hydrogen-bond acceptors (Lipinski definition) is 4. The SMILES string of the molecule is CC(C)(C)OC(=O)N(N)C1=CCC=C1O. The third-order valence-corrected chi connectivity index (χ3v) is 1.73. The highest BCUT2D eigenvalue weighted by Crippen LogP contribution is 2.20. The number of ether oxygens (including phenoxy) is 1. The predicted molar refractivity (Wildman–Crippen MR) is 55.7 cm³/mol. The smallest absolute Gasteiger partial charge is 0.429 e. The summed E-state index contributed by atoms with van der Waals surface area (Å²) in [5.74, 6) is 5.51. The molecule has 0 aromatic rings. The third-order valence-electron chi connectivity index (χ3n) is 1.73. The van der Waals surface area contributed by atoms with Gasteiger partial charge in [0.25, 0.3) is 0 Å². The number of carbonyl (C=O) groups is 1. The number of rotatable bonds is 1. The lowest BCUT2D eigenvalue weighted by molar-refractivity contribution is 0.0307. The van der Waals surface area contributed by atoms with Crippen molar-refractivity contribution in [2.45, 2.75) is 32.8 Å². The highest BCUT2D eigenvalue weighted by molar-refractivity contribution is 5.71. The fourth-order valence-corrected chi connectivity index (χ4v) is 1.12. The summed E-state index contributed by atoms with van der Waals surface area (Å²) in [5, 5.41) is 10.2. The second kappa shape index (κ2) is 3.94. The normalized spacial score (nSPS) is 15.7. The average molecular weight is 212 g/mol. The largest absolute Gasteiger partial charge is 0.506 e. The number of allylic oxidation sites excluding steroid dienone is 2. The molecule has 1 aliphatic carbocycles. The second-order valence-corrected chi connectivity index (χ2v) is 4.26. The molecule has 0 saturated heterocycles. The molecule has 0 radical (unpaired) electrons. The van der Waals surface area contributed by atoms with Crippen LogP contribution in [0.15, 0.2) is 23.6 Å². The summed E-state index contributed by atoms with van der Waals surface area (Å²) in [5.41, 5.74) is -0.322. The topological polar surface area (TPSA) is 75.8 Å². The molecule has 84 valence electrons. The molecule has 0 unspecified atom stereocenters. The summed E-state index contributed by atoms with van der Waals surface area (Å²) in [6, 6.07) is 0. The highest BCUT2D eigenvalue weighted by Gasteiger charge is 2.25. The lowest BCUT2D eigenvalue weighted by Gasteiger charge is -2.24. The lowest BCUT2D eigenvalue weighted by atomic mass is 10.2. The van der Waals surface area contributed by atoms with Gasteiger partial charge in [-0.05, 0) is 33.3 Å². The Morgan fingerprint density at radius 1 is 1.53 bits per heavy atom. The molecule has 0 saturated carbocycles. The van der Waals surface area contributed by atoms with Crippen molar-refractivity contribution in [1.82, 2.24) is 5.01 Å². The van der Waals surface area contributed by atoms with Crippen LogP contribution >= 0.6 is 0 Å². The monoisotopic (exact) mass is 212 g/mol. The van der Waals surface area contributed by atoms with Gasteiger partial charge in [-0.1, -0.05) is 6.08 Å². The van der Waals surface area contributed by atoms with Crippen LogP contribution in [0.1, 0.15) is 27.2 Å². The molecule has 15 heavy (non-hydrogen) atoms. The number of carbonyl (C=O) groups excluding carboxylic acids is 1. The van der Waals surface area contributed by atoms with E-state index in [2.05, 4.69) is 0 Å². The van der Waals surface area contributed by atoms with Gasteiger partial charge < -0.3 is 9.84 Å². The van der Waals surface area contributed by atoms with Crippen LogP contribution in [0, 0.1) is 0 Å². The van der Waals surface area contributed by atoms with E-state index in [-0.39, 0.29) is 11.5 Å². The van der Waals surface area contributed by atoms with Gasteiger partial charge in [0.1, 0.15) is 17.1 Å². The van der Waals surface area contributed by atoms with Crippen molar-refractivity contribution in [2.24, 2.45) is 5.84 Å². The van der Waals surface area contributed by atoms with Gasteiger partial charge in [0.05, 0.1) is 0 Å². The summed E-state index contributed by atoms with van der Waals surface area (Å²) in [6.45, 7) is 5.24. The molecule has 0 fully saturated rings. The van der Waals surface area contributed by atoms with Crippen molar-refractivity contribution in [3.05, 3.63) is 23.6 Å². The minimum absolute atomic E-state index is 0.00311. The zero-order valence-electron chi connectivity index (χ0n) is 9.15. The molecular weight excluding hydrogens is 196 g/mol. The highest BCUT2D eigenvalue weighted by atomic mass is 16.6. The number of amides is 1. The molecule has 1 amide bonds. The van der Waals surface area contributed by atoms with Crippen LogP contribution in [-0.2, 0) is 4.74 Å². The Labute approximate surface area is 88.8 Å². The molecule has 1 rings (SSSR count). The van der Waals surface area contributed by atoms with Gasteiger partial charge in [-0.3, -0.25) is 0 Å². The summed E-state index contributed by atoms with van der Waals surface area (Å²) in [4.78, 5) is 11.5. The molecule has 3 N–H and O–H groups in total. The van der Waals surface area contributed by atoms with Crippen LogP contribution in [-0.4, -0.2) is 21.8 Å². The molecule has 0 spiro atoms. The Hall–Kier alpha value is -1.49. The lowest BCUT2D eigenvalue weighted by Crippen LogP contribution is -2.40. The van der Waals surface area contributed by atoms with E-state index < -0.39 is 11.7 Å². The summed E-state index contributed by atoms with van der Waals surface area (Å²) in [6.07, 6.45) is 3.10. The molecule has 1 aliphatic rings. The minimum atomic E-state index is -0.685. The first-order valence-electron chi connectivity index (χ1n) is 4.69. The van der Waals surface area contributed by atoms with E-state index in [0.717, 1.165) is 5.01 Å². The van der Waals surface area contributed by atoms with Crippen molar-refractivity contribution in [3.8, 4) is 0 Å². The van der Waals surface area contributed by atoms with Crippen molar-refractivity contribution in [2.75, 3.05) is 0 Å². The molecule has 0 aliphatic heterocycles. The van der Waals surface area contributed by atoms with Crippen molar-refractivity contribution in [3.63, 3.8) is 0 Å². The van der Waals surface area contributed by atoms with Crippen LogP contribution < -0.4 is 5.84 Å². The fourth-order valence-electron chi connectivity index (χ4n) is 1.12. The van der Waals surface area contributed by atoms with Gasteiger partial charge in [-0.25, -0.2) is 15.6 Å². The minimum Gasteiger partial charge on any atom is -0.506 e. The molecule has 0 heterocycles. The molecule has 5 heteroatoms. The average Bonchev–Trinajstić information content (AvgIpc) is 2.47. The number of aliphatic hydroxyl groups excluding tert-OH is 1. The van der Waals surface area contributed by atoms with Crippen LogP contribution in [0.2, 0.25) is 0 Å². The molecule has 0 bridgehead atoms. The van der Waals surface area contributed by atoms with Crippen molar-refractivity contribution in [1.29, 1.82) is 0 Å². The first kappa shape index (κ1) is 11.6. The Bertz CT molecular complexity index is 326. The quantitative estimate of drug-likeness (QED) is 0.395. The number of nitrogens with zero attached hydrogens (tertiary/aromatic N) is 1. The summed E-state index contributed by atoms with van der Waals surface area (Å²) in [7, 11) is 0. The van der Waals surface area contributed by atoms with Crippen LogP contribution in [0.5, 0.6) is 0 Å². The van der Waals surface area contributed by atoms with Gasteiger partial charge in [0, 0.05) is 0 Å². The van der Waals surface area contributed by atoms with Gasteiger partial charge in [-0.2, -0.15) is 0 Å². The van der Waals surface area contributed by atoms with E-state index in [9.17, 15) is 9.90 Å². The van der Waals surface area contributed by atoms with E-state index in [1.165, 1.54) is 0 Å². The second-order valence-electron chi connectivity index (χ2n) is 4.26. The number of hydrazine groups is 1. The zero-order valence-corrected chi connectivity index (χ0v) is 9.15. The van der Waals surface area contributed by atoms with Crippen molar-refractivity contribution >= 4 is 6.09 Å². The van der Waals surface area contributed by atoms with Gasteiger partial charge in [0.15, 0.2) is 0 Å². The van der Waals surface area contributed by atoms with Gasteiger partial charge in [-0.15, -0.1) is 0 Å². The Morgan fingerprint density at radius 3 is 2.53 bits per heavy atom. The van der Waals surface area contributed by atoms with Gasteiger partial charge >= 0.3 is 6.09 Å². The van der Waals surface area contributed by atoms with E-state index in [0.29, 0.717) is 6.42 Å². The first-order chi connectivity index (χ1) is 6.81. The molecule has 0 aromatic carbocycles. The Morgan fingerprint density at radius 2 is 2.13 bits per heavy atom. The summed E-state index contributed by atoms with van der Waals surface area (Å²) >= 11 is 0. The van der Waals surface area contributed by atoms with E-state index in [1.54, 1.807) is 32.9 Å². The predicted octanol–water partition coefficient (Wildman–Crippen LogP) is 1.83. The fraction of sp³-hybridized carbons (Fsp3) is 0.500. The standard InChI is InChI=1S/C10H16N2O3/c1-10(2,3)15-9(14)12(11)7-5-4-6-8(7)13/h5-6,13H,4,11H2,1-3H3. The molecular formula is C10H16N2O3. The van der Waals surface area contributed by atoms with Crippen LogP contribution in [0.3, 0.4) is 0 Å². The number of hydrogen-bond donors (Lipinski definition) is 2. The number of nitrogens with two attached hydrogens (primary N) is 1. The van der Waals surface area contributed by atoms with Crippen LogP contribution in [0.25, 0.3) is 0 Å². The van der Waals surface area contributed by atoms with E-state index in [1.807, 2.05) is 0 Å². The van der Waals surface area contributed by atoms with E-state index >= 15 is 0 Å². The van der Waals surface area contributed by atoms with Crippen molar-refractivity contribution < 1.29 is 14.6 Å². The summed E-state index contributed by atoms with van der Waals surface area (Å²) < 4.78 is 5.04. The first-order valence-corrected chi connectivity index (χ1v) is 4.69. The number of aliphatic hydroxyl groups is 1. The maximum Gasteiger partial charge on any atom is 0.429 e. The Balaban J connectivity index is 2.66. The molecule has 5 nitrogen and oxygen atoms in total. The third kappa shape index (κ3) is 2.99. The molecule has 0 atom stereocenters. The van der Waals surface area contributed by atoms with E-state index in [4.69, 9.17) is 10.6 Å². The Kier molecular flexibility index (Phi) is 3.04. The zero-order chi connectivity index (χ0) is 11.6. The maximum atomic E-state index is 11.5.